The molecular formula is C14H10N2O5. The van der Waals surface area contributed by atoms with Crippen LogP contribution in [0.2, 0.25) is 0 Å². The van der Waals surface area contributed by atoms with E-state index in [1.54, 1.807) is 0 Å². The predicted octanol–water partition coefficient (Wildman–Crippen LogP) is 3.01. The number of hydrogen-bond acceptors (Lipinski definition) is 4. The van der Waals surface area contributed by atoms with E-state index >= 15 is 0 Å². The average molecular weight is 286 g/mol. The summed E-state index contributed by atoms with van der Waals surface area (Å²) in [4.78, 5) is 21.7. The molecule has 0 bridgehead atoms. The zero-order valence-corrected chi connectivity index (χ0v) is 10.6. The van der Waals surface area contributed by atoms with E-state index in [1.807, 2.05) is 0 Å². The van der Waals surface area contributed by atoms with Crippen molar-refractivity contribution in [2.75, 3.05) is 0 Å². The van der Waals surface area contributed by atoms with Crippen LogP contribution >= 0.6 is 0 Å². The lowest BCUT2D eigenvalue weighted by Gasteiger charge is -2.00. The highest BCUT2D eigenvalue weighted by molar-refractivity contribution is 5.88. The van der Waals surface area contributed by atoms with Gasteiger partial charge >= 0.3 is 11.9 Å². The Morgan fingerprint density at radius 1 is 0.857 bits per heavy atom. The zero-order valence-electron chi connectivity index (χ0n) is 10.6. The Balaban J connectivity index is 2.23. The highest BCUT2D eigenvalue weighted by atomic mass is 16.5. The van der Waals surface area contributed by atoms with Crippen molar-refractivity contribution in [1.82, 2.24) is 0 Å². The van der Waals surface area contributed by atoms with Gasteiger partial charge in [0.25, 0.3) is 0 Å². The third-order valence-electron chi connectivity index (χ3n) is 2.66. The summed E-state index contributed by atoms with van der Waals surface area (Å²) in [6.07, 6.45) is 0. The molecule has 0 aliphatic heterocycles. The molecule has 2 rings (SSSR count). The van der Waals surface area contributed by atoms with E-state index in [1.165, 1.54) is 48.5 Å². The molecule has 7 nitrogen and oxygen atoms in total. The van der Waals surface area contributed by atoms with Crippen molar-refractivity contribution < 1.29 is 24.7 Å². The van der Waals surface area contributed by atoms with Crippen LogP contribution < -0.4 is 0 Å². The Hall–Kier alpha value is -3.22. The molecule has 0 radical (unpaired) electrons. The van der Waals surface area contributed by atoms with Crippen molar-refractivity contribution in [2.45, 2.75) is 0 Å². The maximum atomic E-state index is 11.8. The van der Waals surface area contributed by atoms with Crippen LogP contribution in [-0.2, 0) is 0 Å². The van der Waals surface area contributed by atoms with Crippen LogP contribution in [0.4, 0.5) is 11.4 Å². The molecule has 0 heterocycles. The lowest BCUT2D eigenvalue weighted by atomic mass is 10.2. The summed E-state index contributed by atoms with van der Waals surface area (Å²) in [5.74, 6) is -2.15. The van der Waals surface area contributed by atoms with E-state index in [0.717, 1.165) is 0 Å². The highest BCUT2D eigenvalue weighted by Gasteiger charge is 2.08. The number of rotatable bonds is 4. The van der Waals surface area contributed by atoms with Gasteiger partial charge in [-0.05, 0) is 36.4 Å². The summed E-state index contributed by atoms with van der Waals surface area (Å²) in [5.41, 5.74) is 0.620. The second kappa shape index (κ2) is 5.83. The molecule has 2 aromatic rings. The lowest BCUT2D eigenvalue weighted by Crippen LogP contribution is -1.97. The SMILES string of the molecule is O=C(O)c1ccc(N=[N+]([O-])c2ccc(C(=O)O)cc2)cc1. The van der Waals surface area contributed by atoms with Crippen molar-refractivity contribution in [3.05, 3.63) is 64.9 Å². The highest BCUT2D eigenvalue weighted by Crippen LogP contribution is 2.18. The van der Waals surface area contributed by atoms with Gasteiger partial charge in [0.1, 0.15) is 5.69 Å². The third kappa shape index (κ3) is 3.41. The first-order chi connectivity index (χ1) is 9.97. The number of nitrogens with zero attached hydrogens (tertiary/aromatic N) is 2. The van der Waals surface area contributed by atoms with Crippen LogP contribution in [0.1, 0.15) is 20.7 Å². The Morgan fingerprint density at radius 2 is 1.29 bits per heavy atom. The molecule has 0 saturated carbocycles. The van der Waals surface area contributed by atoms with E-state index in [0.29, 0.717) is 4.86 Å². The number of carbonyl (C=O) groups is 2. The van der Waals surface area contributed by atoms with Crippen molar-refractivity contribution in [1.29, 1.82) is 0 Å². The number of carboxylic acid groups (broad SMARTS) is 2. The van der Waals surface area contributed by atoms with Gasteiger partial charge in [0.05, 0.1) is 11.1 Å². The maximum Gasteiger partial charge on any atom is 0.335 e. The molecule has 2 N–H and O–H groups in total. The minimum absolute atomic E-state index is 0.0676. The number of carboxylic acids is 2. The Bertz CT molecular complexity index is 705. The smallest absolute Gasteiger partial charge is 0.335 e. The summed E-state index contributed by atoms with van der Waals surface area (Å²) < 4.78 is 0. The van der Waals surface area contributed by atoms with Gasteiger partial charge in [-0.1, -0.05) is 4.86 Å². The van der Waals surface area contributed by atoms with E-state index in [9.17, 15) is 14.8 Å². The number of benzene rings is 2. The fraction of sp³-hybridized carbons (Fsp3) is 0. The molecule has 0 aliphatic carbocycles. The van der Waals surface area contributed by atoms with Crippen LogP contribution in [0.5, 0.6) is 0 Å². The summed E-state index contributed by atoms with van der Waals surface area (Å²) >= 11 is 0. The van der Waals surface area contributed by atoms with Gasteiger partial charge in [-0.15, -0.1) is 0 Å². The van der Waals surface area contributed by atoms with E-state index in [-0.39, 0.29) is 22.5 Å². The normalized spacial score (nSPS) is 11.1. The number of hydrogen-bond donors (Lipinski definition) is 2. The van der Waals surface area contributed by atoms with Crippen molar-refractivity contribution in [2.24, 2.45) is 5.11 Å². The lowest BCUT2D eigenvalue weighted by molar-refractivity contribution is -0.435. The van der Waals surface area contributed by atoms with Gasteiger partial charge in [-0.3, -0.25) is 0 Å². The summed E-state index contributed by atoms with van der Waals surface area (Å²) in [6, 6.07) is 10.7. The topological polar surface area (TPSA) is 113 Å². The quantitative estimate of drug-likeness (QED) is 0.509. The largest absolute Gasteiger partial charge is 0.594 e. The monoisotopic (exact) mass is 286 g/mol. The summed E-state index contributed by atoms with van der Waals surface area (Å²) in [7, 11) is 0. The third-order valence-corrected chi connectivity index (χ3v) is 2.66. The first-order valence-corrected chi connectivity index (χ1v) is 5.83. The van der Waals surface area contributed by atoms with Gasteiger partial charge in [0.15, 0.2) is 0 Å². The molecule has 0 fully saturated rings. The fourth-order valence-electron chi connectivity index (χ4n) is 1.56. The van der Waals surface area contributed by atoms with Crippen molar-refractivity contribution in [3.8, 4) is 0 Å². The summed E-state index contributed by atoms with van der Waals surface area (Å²) in [5, 5.41) is 33.1. The molecule has 0 aromatic heterocycles. The standard InChI is InChI=1S/C14H10N2O5/c17-13(18)9-1-5-11(6-2-9)15-16(21)12-7-3-10(4-8-12)14(19)20/h1-8H,(H,17,18)(H,19,20). The Morgan fingerprint density at radius 3 is 1.71 bits per heavy atom. The minimum Gasteiger partial charge on any atom is -0.594 e. The first kappa shape index (κ1) is 14.2. The van der Waals surface area contributed by atoms with Crippen molar-refractivity contribution >= 4 is 23.3 Å². The van der Waals surface area contributed by atoms with E-state index in [4.69, 9.17) is 10.2 Å². The molecule has 0 amide bonds. The zero-order chi connectivity index (χ0) is 15.4. The second-order valence-corrected chi connectivity index (χ2v) is 4.08. The van der Waals surface area contributed by atoms with Crippen LogP contribution in [0, 0.1) is 5.21 Å². The molecule has 7 heteroatoms. The summed E-state index contributed by atoms with van der Waals surface area (Å²) in [6.45, 7) is 0. The molecule has 0 saturated heterocycles. The first-order valence-electron chi connectivity index (χ1n) is 5.83. The molecule has 2 aromatic carbocycles. The molecule has 0 atom stereocenters. The van der Waals surface area contributed by atoms with E-state index < -0.39 is 11.9 Å². The van der Waals surface area contributed by atoms with Crippen LogP contribution in [-0.4, -0.2) is 27.0 Å². The fourth-order valence-corrected chi connectivity index (χ4v) is 1.56. The second-order valence-electron chi connectivity index (χ2n) is 4.08. The van der Waals surface area contributed by atoms with Crippen LogP contribution in [0.25, 0.3) is 0 Å². The van der Waals surface area contributed by atoms with Gasteiger partial charge in [-0.25, -0.2) is 9.59 Å². The van der Waals surface area contributed by atoms with Gasteiger partial charge in [0.2, 0.25) is 5.69 Å². The van der Waals surface area contributed by atoms with Gasteiger partial charge in [-0.2, -0.15) is 0 Å². The predicted molar refractivity (Wildman–Crippen MR) is 72.2 cm³/mol. The maximum absolute atomic E-state index is 11.8. The molecular weight excluding hydrogens is 276 g/mol. The van der Waals surface area contributed by atoms with E-state index in [2.05, 4.69) is 5.11 Å². The molecule has 106 valence electrons. The molecule has 0 aliphatic rings. The number of aromatic carboxylic acids is 2. The van der Waals surface area contributed by atoms with Crippen molar-refractivity contribution in [3.63, 3.8) is 0 Å². The van der Waals surface area contributed by atoms with Crippen LogP contribution in [0.15, 0.2) is 53.6 Å². The van der Waals surface area contributed by atoms with Gasteiger partial charge < -0.3 is 15.4 Å². The number of azo groups is 1. The Kier molecular flexibility index (Phi) is 3.94. The molecule has 21 heavy (non-hydrogen) atoms. The minimum atomic E-state index is -1.08. The van der Waals surface area contributed by atoms with Crippen LogP contribution in [0.3, 0.4) is 0 Å². The molecule has 0 spiro atoms. The average Bonchev–Trinajstić information content (AvgIpc) is 2.47. The Labute approximate surface area is 119 Å². The molecule has 0 unspecified atom stereocenters. The van der Waals surface area contributed by atoms with Gasteiger partial charge in [0, 0.05) is 17.2 Å².